The number of methoxy groups -OCH3 is 1. The Labute approximate surface area is 80.8 Å². The molecule has 84 valence electrons. The molecule has 1 unspecified atom stereocenters. The Morgan fingerprint density at radius 1 is 1.57 bits per heavy atom. The van der Waals surface area contributed by atoms with Gasteiger partial charge in [0.05, 0.1) is 12.7 Å². The SMILES string of the molecule is COC1C[C@H](O)O[C@@H]1COP(=O)(O)O. The Kier molecular flexibility index (Phi) is 4.03. The molecule has 0 radical (unpaired) electrons. The van der Waals surface area contributed by atoms with E-state index in [1.807, 2.05) is 0 Å². The van der Waals surface area contributed by atoms with Crippen LogP contribution < -0.4 is 0 Å². The van der Waals surface area contributed by atoms with Gasteiger partial charge >= 0.3 is 7.82 Å². The fourth-order valence-corrected chi connectivity index (χ4v) is 1.60. The fourth-order valence-electron chi connectivity index (χ4n) is 1.26. The third kappa shape index (κ3) is 3.62. The second kappa shape index (κ2) is 4.67. The van der Waals surface area contributed by atoms with Crippen molar-refractivity contribution in [3.63, 3.8) is 0 Å². The van der Waals surface area contributed by atoms with Crippen LogP contribution in [0.5, 0.6) is 0 Å². The van der Waals surface area contributed by atoms with E-state index in [0.29, 0.717) is 0 Å². The molecule has 3 N–H and O–H groups in total. The van der Waals surface area contributed by atoms with Crippen molar-refractivity contribution in [1.82, 2.24) is 0 Å². The van der Waals surface area contributed by atoms with Gasteiger partial charge in [-0.3, -0.25) is 4.52 Å². The molecule has 0 spiro atoms. The minimum Gasteiger partial charge on any atom is -0.378 e. The van der Waals surface area contributed by atoms with Gasteiger partial charge in [-0.05, 0) is 0 Å². The molecule has 1 aliphatic rings. The molecule has 0 aromatic rings. The Bertz CT molecular complexity index is 226. The summed E-state index contributed by atoms with van der Waals surface area (Å²) >= 11 is 0. The molecular formula is C6H13O7P. The van der Waals surface area contributed by atoms with Crippen LogP contribution in [-0.4, -0.2) is 47.1 Å². The predicted octanol–water partition coefficient (Wildman–Crippen LogP) is -0.782. The second-order valence-corrected chi connectivity index (χ2v) is 4.16. The van der Waals surface area contributed by atoms with Crippen LogP contribution in [-0.2, 0) is 18.6 Å². The minimum absolute atomic E-state index is 0.270. The molecule has 14 heavy (non-hydrogen) atoms. The lowest BCUT2D eigenvalue weighted by molar-refractivity contribution is -0.108. The Morgan fingerprint density at radius 2 is 2.21 bits per heavy atom. The summed E-state index contributed by atoms with van der Waals surface area (Å²) in [4.78, 5) is 16.9. The quantitative estimate of drug-likeness (QED) is 0.542. The van der Waals surface area contributed by atoms with Crippen LogP contribution in [0.3, 0.4) is 0 Å². The van der Waals surface area contributed by atoms with E-state index < -0.39 is 26.3 Å². The summed E-state index contributed by atoms with van der Waals surface area (Å²) in [5.74, 6) is 0. The van der Waals surface area contributed by atoms with Crippen molar-refractivity contribution in [2.24, 2.45) is 0 Å². The summed E-state index contributed by atoms with van der Waals surface area (Å²) in [5.41, 5.74) is 0. The summed E-state index contributed by atoms with van der Waals surface area (Å²) in [6.07, 6.45) is -1.75. The van der Waals surface area contributed by atoms with E-state index >= 15 is 0 Å². The van der Waals surface area contributed by atoms with Gasteiger partial charge in [-0.1, -0.05) is 0 Å². The number of hydrogen-bond acceptors (Lipinski definition) is 5. The molecule has 1 fully saturated rings. The number of phosphoric ester groups is 1. The Hall–Kier alpha value is -0.0100. The van der Waals surface area contributed by atoms with Gasteiger partial charge in [0.2, 0.25) is 0 Å². The third-order valence-electron chi connectivity index (χ3n) is 1.89. The summed E-state index contributed by atoms with van der Waals surface area (Å²) in [5, 5.41) is 9.08. The highest BCUT2D eigenvalue weighted by Gasteiger charge is 2.35. The third-order valence-corrected chi connectivity index (χ3v) is 2.38. The maximum Gasteiger partial charge on any atom is 0.469 e. The van der Waals surface area contributed by atoms with Crippen molar-refractivity contribution in [1.29, 1.82) is 0 Å². The molecule has 1 rings (SSSR count). The first kappa shape index (κ1) is 12.1. The van der Waals surface area contributed by atoms with E-state index in [9.17, 15) is 4.57 Å². The van der Waals surface area contributed by atoms with Crippen molar-refractivity contribution >= 4 is 7.82 Å². The van der Waals surface area contributed by atoms with Crippen LogP contribution in [0.4, 0.5) is 0 Å². The zero-order valence-corrected chi connectivity index (χ0v) is 8.46. The molecule has 0 bridgehead atoms. The van der Waals surface area contributed by atoms with Gasteiger partial charge in [0.1, 0.15) is 6.10 Å². The van der Waals surface area contributed by atoms with Crippen LogP contribution in [0.15, 0.2) is 0 Å². The first-order chi connectivity index (χ1) is 6.42. The smallest absolute Gasteiger partial charge is 0.378 e. The van der Waals surface area contributed by atoms with Crippen LogP contribution in [0.2, 0.25) is 0 Å². The highest BCUT2D eigenvalue weighted by molar-refractivity contribution is 7.46. The van der Waals surface area contributed by atoms with Crippen LogP contribution in [0, 0.1) is 0 Å². The van der Waals surface area contributed by atoms with E-state index in [-0.39, 0.29) is 13.0 Å². The van der Waals surface area contributed by atoms with Crippen molar-refractivity contribution in [2.75, 3.05) is 13.7 Å². The topological polar surface area (TPSA) is 105 Å². The van der Waals surface area contributed by atoms with E-state index in [1.54, 1.807) is 0 Å². The molecule has 0 amide bonds. The molecular weight excluding hydrogens is 215 g/mol. The van der Waals surface area contributed by atoms with Crippen molar-refractivity contribution in [3.05, 3.63) is 0 Å². The standard InChI is InChI=1S/C6H13O7P/c1-11-4-2-6(7)13-5(4)3-12-14(8,9)10/h4-7H,2-3H2,1H3,(H2,8,9,10)/t4?,5-,6-/m1/s1. The van der Waals surface area contributed by atoms with E-state index in [4.69, 9.17) is 24.4 Å². The van der Waals surface area contributed by atoms with Gasteiger partial charge in [0.15, 0.2) is 6.29 Å². The summed E-state index contributed by atoms with van der Waals surface area (Å²) in [6.45, 7) is -0.306. The van der Waals surface area contributed by atoms with Crippen LogP contribution in [0.25, 0.3) is 0 Å². The molecule has 0 saturated carbocycles. The van der Waals surface area contributed by atoms with E-state index in [0.717, 1.165) is 0 Å². The highest BCUT2D eigenvalue weighted by Crippen LogP contribution is 2.37. The summed E-state index contributed by atoms with van der Waals surface area (Å²) in [7, 11) is -3.06. The number of ether oxygens (including phenoxy) is 2. The number of aliphatic hydroxyl groups is 1. The molecule has 8 heteroatoms. The van der Waals surface area contributed by atoms with Gasteiger partial charge in [0.25, 0.3) is 0 Å². The Balaban J connectivity index is 2.40. The maximum atomic E-state index is 10.4. The van der Waals surface area contributed by atoms with Gasteiger partial charge < -0.3 is 24.4 Å². The normalized spacial score (nSPS) is 33.6. The first-order valence-corrected chi connectivity index (χ1v) is 5.52. The number of hydrogen-bond donors (Lipinski definition) is 3. The number of phosphoric acid groups is 1. The number of aliphatic hydroxyl groups excluding tert-OH is 1. The summed E-state index contributed by atoms with van der Waals surface area (Å²) < 4.78 is 24.5. The predicted molar refractivity (Wildman–Crippen MR) is 44.3 cm³/mol. The van der Waals surface area contributed by atoms with Gasteiger partial charge in [-0.2, -0.15) is 0 Å². The molecule has 0 aliphatic carbocycles. The monoisotopic (exact) mass is 228 g/mol. The molecule has 1 saturated heterocycles. The lowest BCUT2D eigenvalue weighted by Crippen LogP contribution is -2.27. The van der Waals surface area contributed by atoms with Crippen molar-refractivity contribution in [2.45, 2.75) is 24.9 Å². The van der Waals surface area contributed by atoms with Crippen LogP contribution in [0.1, 0.15) is 6.42 Å². The van der Waals surface area contributed by atoms with Gasteiger partial charge in [-0.15, -0.1) is 0 Å². The minimum atomic E-state index is -4.49. The average molecular weight is 228 g/mol. The fraction of sp³-hybridized carbons (Fsp3) is 1.00. The zero-order chi connectivity index (χ0) is 10.8. The van der Waals surface area contributed by atoms with Crippen molar-refractivity contribution in [3.8, 4) is 0 Å². The highest BCUT2D eigenvalue weighted by atomic mass is 31.2. The molecule has 0 aromatic heterocycles. The maximum absolute atomic E-state index is 10.4. The molecule has 0 aromatic carbocycles. The molecule has 1 aliphatic heterocycles. The number of rotatable bonds is 4. The first-order valence-electron chi connectivity index (χ1n) is 3.99. The lowest BCUT2D eigenvalue weighted by atomic mass is 10.2. The van der Waals surface area contributed by atoms with Gasteiger partial charge in [0, 0.05) is 13.5 Å². The van der Waals surface area contributed by atoms with Crippen LogP contribution >= 0.6 is 7.82 Å². The van der Waals surface area contributed by atoms with E-state index in [1.165, 1.54) is 7.11 Å². The van der Waals surface area contributed by atoms with E-state index in [2.05, 4.69) is 4.52 Å². The molecule has 3 atom stereocenters. The lowest BCUT2D eigenvalue weighted by Gasteiger charge is -2.16. The summed E-state index contributed by atoms with van der Waals surface area (Å²) in [6, 6.07) is 0. The molecule has 7 nitrogen and oxygen atoms in total. The average Bonchev–Trinajstić information content (AvgIpc) is 2.41. The van der Waals surface area contributed by atoms with Gasteiger partial charge in [-0.25, -0.2) is 4.57 Å². The zero-order valence-electron chi connectivity index (χ0n) is 7.57. The van der Waals surface area contributed by atoms with Crippen molar-refractivity contribution < 1.29 is 33.5 Å². The largest absolute Gasteiger partial charge is 0.469 e. The second-order valence-electron chi connectivity index (χ2n) is 2.93. The Morgan fingerprint density at radius 3 is 2.71 bits per heavy atom. The molecule has 1 heterocycles.